The summed E-state index contributed by atoms with van der Waals surface area (Å²) in [5.41, 5.74) is 0.868. The third-order valence-corrected chi connectivity index (χ3v) is 4.56. The first kappa shape index (κ1) is 16.1. The van der Waals surface area contributed by atoms with E-state index in [4.69, 9.17) is 23.2 Å². The second-order valence-electron chi connectivity index (χ2n) is 5.61. The number of benzene rings is 1. The van der Waals surface area contributed by atoms with Crippen molar-refractivity contribution in [1.82, 2.24) is 4.98 Å². The summed E-state index contributed by atoms with van der Waals surface area (Å²) in [4.78, 5) is 16.6. The summed E-state index contributed by atoms with van der Waals surface area (Å²) in [6.45, 7) is 0. The van der Waals surface area contributed by atoms with Crippen molar-refractivity contribution in [3.63, 3.8) is 0 Å². The van der Waals surface area contributed by atoms with Gasteiger partial charge in [0.25, 0.3) is 5.91 Å². The summed E-state index contributed by atoms with van der Waals surface area (Å²) in [6.07, 6.45) is 6.43. The fraction of sp³-hybridized carbons (Fsp3) is 0.294. The fourth-order valence-electron chi connectivity index (χ4n) is 2.70. The molecule has 1 heterocycles. The monoisotopic (exact) mass is 349 g/mol. The van der Waals surface area contributed by atoms with Crippen LogP contribution in [0.3, 0.4) is 0 Å². The van der Waals surface area contributed by atoms with Crippen molar-refractivity contribution in [1.29, 1.82) is 0 Å². The van der Waals surface area contributed by atoms with Crippen molar-refractivity contribution < 1.29 is 4.79 Å². The van der Waals surface area contributed by atoms with Crippen LogP contribution in [-0.2, 0) is 0 Å². The molecule has 1 aliphatic rings. The molecule has 0 atom stereocenters. The van der Waals surface area contributed by atoms with Gasteiger partial charge in [-0.15, -0.1) is 0 Å². The van der Waals surface area contributed by atoms with Gasteiger partial charge >= 0.3 is 0 Å². The molecule has 1 fully saturated rings. The van der Waals surface area contributed by atoms with E-state index < -0.39 is 0 Å². The average molecular weight is 350 g/mol. The number of hydrogen-bond acceptors (Lipinski definition) is 3. The van der Waals surface area contributed by atoms with Crippen LogP contribution in [0.1, 0.15) is 36.0 Å². The Balaban J connectivity index is 1.67. The lowest BCUT2D eigenvalue weighted by atomic mass is 10.2. The zero-order valence-corrected chi connectivity index (χ0v) is 14.0. The largest absolute Gasteiger partial charge is 0.367 e. The second-order valence-corrected chi connectivity index (χ2v) is 6.42. The molecule has 3 rings (SSSR count). The molecule has 0 spiro atoms. The van der Waals surface area contributed by atoms with E-state index in [1.165, 1.54) is 25.7 Å². The van der Waals surface area contributed by atoms with Gasteiger partial charge in [0.05, 0.1) is 21.3 Å². The van der Waals surface area contributed by atoms with Gasteiger partial charge in [-0.25, -0.2) is 4.98 Å². The Morgan fingerprint density at radius 2 is 1.78 bits per heavy atom. The van der Waals surface area contributed by atoms with Crippen molar-refractivity contribution in [3.8, 4) is 0 Å². The smallest absolute Gasteiger partial charge is 0.257 e. The molecule has 1 aromatic heterocycles. The molecule has 2 aromatic rings. The third-order valence-electron chi connectivity index (χ3n) is 3.93. The van der Waals surface area contributed by atoms with Crippen molar-refractivity contribution >= 4 is 40.6 Å². The predicted molar refractivity (Wildman–Crippen MR) is 94.5 cm³/mol. The molecule has 1 aromatic carbocycles. The van der Waals surface area contributed by atoms with Gasteiger partial charge < -0.3 is 10.6 Å². The van der Waals surface area contributed by atoms with Crippen LogP contribution in [0, 0.1) is 0 Å². The maximum Gasteiger partial charge on any atom is 0.257 e. The molecule has 0 bridgehead atoms. The number of halogens is 2. The lowest BCUT2D eigenvalue weighted by Gasteiger charge is -2.13. The maximum absolute atomic E-state index is 12.3. The molecule has 4 nitrogen and oxygen atoms in total. The Kier molecular flexibility index (Phi) is 5.03. The molecule has 1 aliphatic carbocycles. The molecule has 23 heavy (non-hydrogen) atoms. The number of aromatic nitrogens is 1. The molecular formula is C17H17Cl2N3O. The van der Waals surface area contributed by atoms with Gasteiger partial charge in [-0.3, -0.25) is 4.79 Å². The van der Waals surface area contributed by atoms with Gasteiger partial charge in [0.15, 0.2) is 0 Å². The highest BCUT2D eigenvalue weighted by atomic mass is 35.5. The van der Waals surface area contributed by atoms with Crippen LogP contribution < -0.4 is 10.6 Å². The van der Waals surface area contributed by atoms with E-state index >= 15 is 0 Å². The van der Waals surface area contributed by atoms with E-state index in [2.05, 4.69) is 15.6 Å². The highest BCUT2D eigenvalue weighted by molar-refractivity contribution is 6.40. The van der Waals surface area contributed by atoms with Crippen LogP contribution in [0.15, 0.2) is 36.5 Å². The Hall–Kier alpha value is -1.78. The minimum Gasteiger partial charge on any atom is -0.367 e. The number of amides is 1. The fourth-order valence-corrected chi connectivity index (χ4v) is 3.19. The highest BCUT2D eigenvalue weighted by Gasteiger charge is 2.16. The quantitative estimate of drug-likeness (QED) is 0.816. The minimum absolute atomic E-state index is 0.292. The number of hydrogen-bond donors (Lipinski definition) is 2. The molecule has 120 valence electrons. The zero-order valence-electron chi connectivity index (χ0n) is 12.5. The van der Waals surface area contributed by atoms with Gasteiger partial charge in [0.2, 0.25) is 0 Å². The molecule has 1 amide bonds. The van der Waals surface area contributed by atoms with E-state index in [9.17, 15) is 4.79 Å². The summed E-state index contributed by atoms with van der Waals surface area (Å²) in [5.74, 6) is 0.504. The first-order valence-electron chi connectivity index (χ1n) is 7.61. The molecule has 0 unspecified atom stereocenters. The molecule has 0 radical (unpaired) electrons. The van der Waals surface area contributed by atoms with Crippen molar-refractivity contribution in [2.45, 2.75) is 31.7 Å². The molecule has 2 N–H and O–H groups in total. The normalized spacial score (nSPS) is 14.7. The number of carbonyl (C=O) groups excluding carboxylic acids is 1. The Morgan fingerprint density at radius 3 is 2.39 bits per heavy atom. The lowest BCUT2D eigenvalue weighted by molar-refractivity contribution is 0.102. The van der Waals surface area contributed by atoms with Gasteiger partial charge in [-0.05, 0) is 37.1 Å². The van der Waals surface area contributed by atoms with Crippen LogP contribution >= 0.6 is 23.2 Å². The van der Waals surface area contributed by atoms with Crippen molar-refractivity contribution in [3.05, 3.63) is 52.1 Å². The van der Waals surface area contributed by atoms with Crippen molar-refractivity contribution in [2.75, 3.05) is 10.6 Å². The highest BCUT2D eigenvalue weighted by Crippen LogP contribution is 2.30. The standard InChI is InChI=1S/C17H17Cl2N3O/c18-13-6-3-7-14(19)16(13)22-17(23)11-8-9-15(20-10-11)21-12-4-1-2-5-12/h3,6-10,12H,1-2,4-5H2,(H,20,21)(H,22,23). The molecule has 0 aliphatic heterocycles. The van der Waals surface area contributed by atoms with E-state index in [1.807, 2.05) is 6.07 Å². The topological polar surface area (TPSA) is 54.0 Å². The molecular weight excluding hydrogens is 333 g/mol. The minimum atomic E-state index is -0.292. The Bertz CT molecular complexity index is 677. The summed E-state index contributed by atoms with van der Waals surface area (Å²) in [5, 5.41) is 6.92. The Morgan fingerprint density at radius 1 is 1.09 bits per heavy atom. The van der Waals surface area contributed by atoms with E-state index in [-0.39, 0.29) is 5.91 Å². The van der Waals surface area contributed by atoms with Crippen LogP contribution in [0.2, 0.25) is 10.0 Å². The van der Waals surface area contributed by atoms with Gasteiger partial charge in [-0.2, -0.15) is 0 Å². The predicted octanol–water partition coefficient (Wildman–Crippen LogP) is 5.00. The number of para-hydroxylation sites is 1. The van der Waals surface area contributed by atoms with Crippen LogP contribution in [0.4, 0.5) is 11.5 Å². The first-order chi connectivity index (χ1) is 11.1. The summed E-state index contributed by atoms with van der Waals surface area (Å²) >= 11 is 12.1. The maximum atomic E-state index is 12.3. The van der Waals surface area contributed by atoms with Gasteiger partial charge in [0, 0.05) is 12.2 Å². The van der Waals surface area contributed by atoms with E-state index in [0.717, 1.165) is 5.82 Å². The average Bonchev–Trinajstić information content (AvgIpc) is 3.04. The van der Waals surface area contributed by atoms with Crippen LogP contribution in [0.5, 0.6) is 0 Å². The van der Waals surface area contributed by atoms with Crippen molar-refractivity contribution in [2.24, 2.45) is 0 Å². The summed E-state index contributed by atoms with van der Waals surface area (Å²) in [7, 11) is 0. The lowest BCUT2D eigenvalue weighted by Crippen LogP contribution is -2.16. The van der Waals surface area contributed by atoms with Crippen LogP contribution in [0.25, 0.3) is 0 Å². The SMILES string of the molecule is O=C(Nc1c(Cl)cccc1Cl)c1ccc(NC2CCCC2)nc1. The van der Waals surface area contributed by atoms with Gasteiger partial charge in [0.1, 0.15) is 5.82 Å². The Labute approximate surface area is 145 Å². The molecule has 0 saturated heterocycles. The van der Waals surface area contributed by atoms with E-state index in [0.29, 0.717) is 27.3 Å². The summed E-state index contributed by atoms with van der Waals surface area (Å²) < 4.78 is 0. The number of anilines is 2. The van der Waals surface area contributed by atoms with Gasteiger partial charge in [-0.1, -0.05) is 42.1 Å². The third kappa shape index (κ3) is 3.95. The number of carbonyl (C=O) groups is 1. The zero-order chi connectivity index (χ0) is 16.2. The van der Waals surface area contributed by atoms with E-state index in [1.54, 1.807) is 30.5 Å². The number of rotatable bonds is 4. The summed E-state index contributed by atoms with van der Waals surface area (Å²) in [6, 6.07) is 9.13. The number of nitrogens with one attached hydrogen (secondary N) is 2. The van der Waals surface area contributed by atoms with Crippen LogP contribution in [-0.4, -0.2) is 16.9 Å². The number of pyridine rings is 1. The number of nitrogens with zero attached hydrogens (tertiary/aromatic N) is 1. The molecule has 6 heteroatoms. The first-order valence-corrected chi connectivity index (χ1v) is 8.37. The second kappa shape index (κ2) is 7.20. The molecule has 1 saturated carbocycles.